The highest BCUT2D eigenvalue weighted by atomic mass is 16.3. The molecule has 0 aliphatic heterocycles. The largest absolute Gasteiger partial charge is 0.508 e. The minimum Gasteiger partial charge on any atom is -0.508 e. The Morgan fingerprint density at radius 3 is 2.53 bits per heavy atom. The molecular formula is C18H22O. The van der Waals surface area contributed by atoms with E-state index in [4.69, 9.17) is 0 Å². The summed E-state index contributed by atoms with van der Waals surface area (Å²) in [5.41, 5.74) is 3.81. The van der Waals surface area contributed by atoms with Crippen molar-refractivity contribution < 1.29 is 5.11 Å². The monoisotopic (exact) mass is 254 g/mol. The lowest BCUT2D eigenvalue weighted by atomic mass is 9.85. The molecule has 2 rings (SSSR count). The quantitative estimate of drug-likeness (QED) is 0.773. The molecule has 1 aromatic rings. The maximum atomic E-state index is 9.35. The number of unbranched alkanes of at least 4 members (excludes halogenated alkanes) is 1. The molecule has 1 nitrogen and oxygen atoms in total. The van der Waals surface area contributed by atoms with Crippen molar-refractivity contribution in [3.63, 3.8) is 0 Å². The lowest BCUT2D eigenvalue weighted by Crippen LogP contribution is -2.08. The van der Waals surface area contributed by atoms with E-state index in [2.05, 4.69) is 31.7 Å². The third kappa shape index (κ3) is 3.60. The molecule has 19 heavy (non-hydrogen) atoms. The average Bonchev–Trinajstić information content (AvgIpc) is 2.83. The zero-order chi connectivity index (χ0) is 13.7. The lowest BCUT2D eigenvalue weighted by molar-refractivity contribution is 0.474. The number of benzene rings is 1. The molecule has 1 atom stereocenters. The maximum absolute atomic E-state index is 9.35. The van der Waals surface area contributed by atoms with Crippen LogP contribution in [0.3, 0.4) is 0 Å². The highest BCUT2D eigenvalue weighted by Gasteiger charge is 2.17. The molecule has 1 aromatic carbocycles. The van der Waals surface area contributed by atoms with Gasteiger partial charge in [0.2, 0.25) is 0 Å². The van der Waals surface area contributed by atoms with Crippen molar-refractivity contribution in [3.8, 4) is 5.75 Å². The van der Waals surface area contributed by atoms with Crippen molar-refractivity contribution in [1.29, 1.82) is 0 Å². The normalized spacial score (nSPS) is 15.6. The molecule has 0 saturated heterocycles. The highest BCUT2D eigenvalue weighted by Crippen LogP contribution is 2.31. The van der Waals surface area contributed by atoms with E-state index in [0.717, 1.165) is 12.0 Å². The molecule has 0 radical (unpaired) electrons. The first-order valence-corrected chi connectivity index (χ1v) is 7.06. The summed E-state index contributed by atoms with van der Waals surface area (Å²) < 4.78 is 0. The van der Waals surface area contributed by atoms with Crippen LogP contribution < -0.4 is 0 Å². The molecular weight excluding hydrogens is 232 g/mol. The third-order valence-corrected chi connectivity index (χ3v) is 3.71. The molecule has 0 bridgehead atoms. The van der Waals surface area contributed by atoms with E-state index in [9.17, 15) is 5.11 Å². The first-order valence-electron chi connectivity index (χ1n) is 7.06. The summed E-state index contributed by atoms with van der Waals surface area (Å²) in [4.78, 5) is 0. The van der Waals surface area contributed by atoms with Gasteiger partial charge in [-0.05, 0) is 47.6 Å². The van der Waals surface area contributed by atoms with Crippen molar-refractivity contribution in [1.82, 2.24) is 0 Å². The SMILES string of the molecule is C=C1C=CC=C1C(CCCC)Cc1ccc(O)cc1. The van der Waals surface area contributed by atoms with E-state index in [1.807, 2.05) is 12.1 Å². The van der Waals surface area contributed by atoms with Crippen LogP contribution in [0, 0.1) is 5.92 Å². The van der Waals surface area contributed by atoms with E-state index in [1.54, 1.807) is 12.1 Å². The summed E-state index contributed by atoms with van der Waals surface area (Å²) in [5.74, 6) is 0.868. The molecule has 0 heterocycles. The summed E-state index contributed by atoms with van der Waals surface area (Å²) in [7, 11) is 0. The van der Waals surface area contributed by atoms with Crippen molar-refractivity contribution >= 4 is 0 Å². The molecule has 0 fully saturated rings. The van der Waals surface area contributed by atoms with E-state index in [0.29, 0.717) is 11.7 Å². The van der Waals surface area contributed by atoms with Gasteiger partial charge in [-0.25, -0.2) is 0 Å². The molecule has 1 heteroatoms. The van der Waals surface area contributed by atoms with E-state index >= 15 is 0 Å². The van der Waals surface area contributed by atoms with Gasteiger partial charge in [0.15, 0.2) is 0 Å². The third-order valence-electron chi connectivity index (χ3n) is 3.71. The number of rotatable bonds is 6. The molecule has 0 amide bonds. The minimum atomic E-state index is 0.333. The Labute approximate surface area is 116 Å². The zero-order valence-electron chi connectivity index (χ0n) is 11.6. The van der Waals surface area contributed by atoms with Crippen LogP contribution in [0.1, 0.15) is 31.7 Å². The Balaban J connectivity index is 2.09. The lowest BCUT2D eigenvalue weighted by Gasteiger charge is -2.19. The maximum Gasteiger partial charge on any atom is 0.115 e. The van der Waals surface area contributed by atoms with Crippen molar-refractivity contribution in [2.24, 2.45) is 5.92 Å². The van der Waals surface area contributed by atoms with Gasteiger partial charge in [0.25, 0.3) is 0 Å². The predicted octanol–water partition coefficient (Wildman–Crippen LogP) is 4.79. The zero-order valence-corrected chi connectivity index (χ0v) is 11.6. The standard InChI is InChI=1S/C18H22O/c1-3-4-7-16(18-8-5-6-14(18)2)13-15-9-11-17(19)12-10-15/h5-6,8-12,16,19H,2-4,7,13H2,1H3. The number of aromatic hydroxyl groups is 1. The fourth-order valence-corrected chi connectivity index (χ4v) is 2.60. The van der Waals surface area contributed by atoms with Crippen LogP contribution in [0.2, 0.25) is 0 Å². The molecule has 1 N–H and O–H groups in total. The number of allylic oxidation sites excluding steroid dienone is 5. The average molecular weight is 254 g/mol. The Bertz CT molecular complexity index is 491. The molecule has 1 aliphatic rings. The summed E-state index contributed by atoms with van der Waals surface area (Å²) >= 11 is 0. The fourth-order valence-electron chi connectivity index (χ4n) is 2.60. The Kier molecular flexibility index (Phi) is 4.62. The Morgan fingerprint density at radius 1 is 1.21 bits per heavy atom. The van der Waals surface area contributed by atoms with Crippen LogP contribution in [-0.2, 0) is 6.42 Å². The van der Waals surface area contributed by atoms with Gasteiger partial charge in [-0.1, -0.05) is 56.7 Å². The second-order valence-corrected chi connectivity index (χ2v) is 5.22. The van der Waals surface area contributed by atoms with Crippen molar-refractivity contribution in [2.75, 3.05) is 0 Å². The van der Waals surface area contributed by atoms with Crippen LogP contribution in [0.15, 0.2) is 60.2 Å². The van der Waals surface area contributed by atoms with Crippen LogP contribution >= 0.6 is 0 Å². The van der Waals surface area contributed by atoms with Gasteiger partial charge in [-0.2, -0.15) is 0 Å². The Morgan fingerprint density at radius 2 is 1.95 bits per heavy atom. The van der Waals surface area contributed by atoms with Gasteiger partial charge in [0.05, 0.1) is 0 Å². The molecule has 1 aliphatic carbocycles. The number of hydrogen-bond donors (Lipinski definition) is 1. The van der Waals surface area contributed by atoms with Crippen molar-refractivity contribution in [3.05, 3.63) is 65.8 Å². The smallest absolute Gasteiger partial charge is 0.115 e. The van der Waals surface area contributed by atoms with Gasteiger partial charge in [-0.3, -0.25) is 0 Å². The van der Waals surface area contributed by atoms with Crippen LogP contribution in [0.5, 0.6) is 5.75 Å². The first-order chi connectivity index (χ1) is 9.20. The summed E-state index contributed by atoms with van der Waals surface area (Å²) in [5, 5.41) is 9.35. The molecule has 0 aromatic heterocycles. The second kappa shape index (κ2) is 6.42. The van der Waals surface area contributed by atoms with Gasteiger partial charge in [-0.15, -0.1) is 0 Å². The first kappa shape index (κ1) is 13.7. The molecule has 1 unspecified atom stereocenters. The van der Waals surface area contributed by atoms with Gasteiger partial charge < -0.3 is 5.11 Å². The van der Waals surface area contributed by atoms with E-state index in [-0.39, 0.29) is 0 Å². The number of hydrogen-bond acceptors (Lipinski definition) is 1. The predicted molar refractivity (Wildman–Crippen MR) is 81.2 cm³/mol. The topological polar surface area (TPSA) is 20.2 Å². The summed E-state index contributed by atoms with van der Waals surface area (Å²) in [6.07, 6.45) is 11.1. The molecule has 0 saturated carbocycles. The van der Waals surface area contributed by atoms with Gasteiger partial charge >= 0.3 is 0 Å². The number of phenolic OH excluding ortho intramolecular Hbond substituents is 1. The van der Waals surface area contributed by atoms with E-state index in [1.165, 1.54) is 30.4 Å². The van der Waals surface area contributed by atoms with Crippen LogP contribution in [0.4, 0.5) is 0 Å². The van der Waals surface area contributed by atoms with E-state index < -0.39 is 0 Å². The Hall–Kier alpha value is -1.76. The van der Waals surface area contributed by atoms with Crippen molar-refractivity contribution in [2.45, 2.75) is 32.6 Å². The highest BCUT2D eigenvalue weighted by molar-refractivity contribution is 5.48. The second-order valence-electron chi connectivity index (χ2n) is 5.22. The molecule has 0 spiro atoms. The van der Waals surface area contributed by atoms with Gasteiger partial charge in [0.1, 0.15) is 5.75 Å². The molecule has 100 valence electrons. The number of phenols is 1. The van der Waals surface area contributed by atoms with Gasteiger partial charge in [0, 0.05) is 0 Å². The summed E-state index contributed by atoms with van der Waals surface area (Å²) in [6, 6.07) is 7.56. The minimum absolute atomic E-state index is 0.333. The fraction of sp³-hybridized carbons (Fsp3) is 0.333. The summed E-state index contributed by atoms with van der Waals surface area (Å²) in [6.45, 7) is 6.36. The van der Waals surface area contributed by atoms with Crippen LogP contribution in [-0.4, -0.2) is 5.11 Å². The van der Waals surface area contributed by atoms with Crippen LogP contribution in [0.25, 0.3) is 0 Å².